The Hall–Kier alpha value is -2.94. The Bertz CT molecular complexity index is 1490. The number of hydrogen-bond acceptors (Lipinski definition) is 4. The van der Waals surface area contributed by atoms with Gasteiger partial charge in [-0.05, 0) is 50.2 Å². The lowest BCUT2D eigenvalue weighted by Crippen LogP contribution is -2.18. The van der Waals surface area contributed by atoms with Crippen LogP contribution in [0.3, 0.4) is 0 Å². The Morgan fingerprint density at radius 3 is 2.50 bits per heavy atom. The van der Waals surface area contributed by atoms with E-state index in [1.807, 2.05) is 30.5 Å². The number of para-hydroxylation sites is 2. The molecule has 1 N–H and O–H groups in total. The van der Waals surface area contributed by atoms with Gasteiger partial charge in [0.15, 0.2) is 4.80 Å². The first-order valence-electron chi connectivity index (χ1n) is 9.85. The number of carbonyl (C=O) groups excluding carboxylic acids is 1. The van der Waals surface area contributed by atoms with Gasteiger partial charge in [0.1, 0.15) is 0 Å². The maximum Gasteiger partial charge on any atom is 0.281 e. The average Bonchev–Trinajstić information content (AvgIpc) is 3.12. The molecule has 6 nitrogen and oxygen atoms in total. The summed E-state index contributed by atoms with van der Waals surface area (Å²) in [6.07, 6.45) is 0. The number of anilines is 1. The molecule has 164 valence electrons. The van der Waals surface area contributed by atoms with Gasteiger partial charge in [-0.25, -0.2) is 8.42 Å². The lowest BCUT2D eigenvalue weighted by molar-refractivity contribution is 0.0998. The molecule has 0 saturated heterocycles. The van der Waals surface area contributed by atoms with Crippen molar-refractivity contribution in [2.75, 3.05) is 4.72 Å². The molecule has 0 atom stereocenters. The fourth-order valence-corrected chi connectivity index (χ4v) is 5.82. The Morgan fingerprint density at radius 1 is 1.06 bits per heavy atom. The zero-order chi connectivity index (χ0) is 22.9. The largest absolute Gasteiger partial charge is 0.315 e. The third-order valence-electron chi connectivity index (χ3n) is 4.90. The van der Waals surface area contributed by atoms with E-state index in [9.17, 15) is 13.2 Å². The molecule has 0 saturated carbocycles. The first-order chi connectivity index (χ1) is 15.3. The number of fused-ring (bicyclic) bond motifs is 1. The molecule has 3 aromatic carbocycles. The molecular formula is C23H20ClN3O3S2. The molecule has 9 heteroatoms. The zero-order valence-electron chi connectivity index (χ0n) is 17.4. The van der Waals surface area contributed by atoms with Gasteiger partial charge in [-0.1, -0.05) is 58.8 Å². The summed E-state index contributed by atoms with van der Waals surface area (Å²) in [6.45, 7) is 4.41. The molecule has 1 aromatic heterocycles. The van der Waals surface area contributed by atoms with Gasteiger partial charge in [0.25, 0.3) is 15.9 Å². The maximum absolute atomic E-state index is 13.1. The minimum Gasteiger partial charge on any atom is -0.315 e. The molecule has 0 spiro atoms. The predicted octanol–water partition coefficient (Wildman–Crippen LogP) is 5.23. The van der Waals surface area contributed by atoms with E-state index in [0.29, 0.717) is 16.4 Å². The third kappa shape index (κ3) is 4.34. The van der Waals surface area contributed by atoms with Crippen molar-refractivity contribution >= 4 is 54.8 Å². The molecule has 0 aliphatic carbocycles. The van der Waals surface area contributed by atoms with Gasteiger partial charge in [0.05, 0.1) is 31.4 Å². The zero-order valence-corrected chi connectivity index (χ0v) is 19.8. The van der Waals surface area contributed by atoms with Crippen molar-refractivity contribution < 1.29 is 13.2 Å². The van der Waals surface area contributed by atoms with Crippen molar-refractivity contribution in [3.63, 3.8) is 0 Å². The van der Waals surface area contributed by atoms with Crippen molar-refractivity contribution in [1.29, 1.82) is 0 Å². The Balaban J connectivity index is 1.75. The highest BCUT2D eigenvalue weighted by atomic mass is 35.5. The minimum atomic E-state index is -3.86. The summed E-state index contributed by atoms with van der Waals surface area (Å²) in [6, 6.07) is 18.5. The number of amides is 1. The summed E-state index contributed by atoms with van der Waals surface area (Å²) in [4.78, 5) is 18.0. The van der Waals surface area contributed by atoms with Crippen molar-refractivity contribution in [2.24, 2.45) is 4.99 Å². The van der Waals surface area contributed by atoms with Gasteiger partial charge in [0.2, 0.25) is 0 Å². The Labute approximate surface area is 194 Å². The van der Waals surface area contributed by atoms with E-state index >= 15 is 0 Å². The average molecular weight is 486 g/mol. The Kier molecular flexibility index (Phi) is 6.19. The fraction of sp³-hybridized carbons (Fsp3) is 0.130. The molecule has 1 amide bonds. The van der Waals surface area contributed by atoms with Gasteiger partial charge < -0.3 is 4.57 Å². The quantitative estimate of drug-likeness (QED) is 0.420. The van der Waals surface area contributed by atoms with E-state index in [-0.39, 0.29) is 16.1 Å². The van der Waals surface area contributed by atoms with Gasteiger partial charge in [-0.3, -0.25) is 9.52 Å². The summed E-state index contributed by atoms with van der Waals surface area (Å²) >= 11 is 7.71. The highest BCUT2D eigenvalue weighted by Gasteiger charge is 2.19. The molecule has 32 heavy (non-hydrogen) atoms. The monoisotopic (exact) mass is 485 g/mol. The number of nitrogens with zero attached hydrogens (tertiary/aromatic N) is 2. The van der Waals surface area contributed by atoms with Gasteiger partial charge in [-0.15, -0.1) is 0 Å². The molecule has 1 heterocycles. The minimum absolute atomic E-state index is 0.116. The number of halogens is 1. The normalized spacial score (nSPS) is 12.3. The fourth-order valence-electron chi connectivity index (χ4n) is 3.29. The van der Waals surface area contributed by atoms with Crippen LogP contribution >= 0.6 is 22.9 Å². The molecule has 0 unspecified atom stereocenters. The van der Waals surface area contributed by atoms with Crippen molar-refractivity contribution in [3.8, 4) is 0 Å². The first kappa shape index (κ1) is 22.3. The van der Waals surface area contributed by atoms with Crippen LogP contribution in [0.15, 0.2) is 76.6 Å². The number of aryl methyl sites for hydroxylation is 2. The van der Waals surface area contributed by atoms with Crippen molar-refractivity contribution in [3.05, 3.63) is 87.7 Å². The number of hydrogen-bond donors (Lipinski definition) is 1. The number of carbonyl (C=O) groups is 1. The van der Waals surface area contributed by atoms with Crippen LogP contribution in [0.1, 0.15) is 22.8 Å². The molecular weight excluding hydrogens is 466 g/mol. The summed E-state index contributed by atoms with van der Waals surface area (Å²) in [5, 5.41) is 0.584. The topological polar surface area (TPSA) is 80.5 Å². The highest BCUT2D eigenvalue weighted by Crippen LogP contribution is 2.26. The van der Waals surface area contributed by atoms with Gasteiger partial charge in [-0.2, -0.15) is 4.99 Å². The van der Waals surface area contributed by atoms with Crippen LogP contribution in [-0.4, -0.2) is 18.9 Å². The number of nitrogens with one attached hydrogen (secondary N) is 1. The van der Waals surface area contributed by atoms with Crippen molar-refractivity contribution in [2.45, 2.75) is 25.3 Å². The van der Waals surface area contributed by atoms with Crippen LogP contribution in [0.5, 0.6) is 0 Å². The standard InChI is InChI=1S/C23H20ClN3O3S2/c1-3-27-21-18(24)8-6-10-20(21)31-23(27)25-22(28)17-7-4-5-9-19(17)26-32(29,30)16-13-11-15(2)12-14-16/h4-14,26H,3H2,1-2H3. The number of thiazole rings is 1. The molecule has 0 aliphatic rings. The van der Waals surface area contributed by atoms with Crippen LogP contribution in [0.4, 0.5) is 5.69 Å². The summed E-state index contributed by atoms with van der Waals surface area (Å²) in [5.41, 5.74) is 2.10. The van der Waals surface area contributed by atoms with E-state index in [0.717, 1.165) is 15.8 Å². The van der Waals surface area contributed by atoms with Crippen LogP contribution in [0, 0.1) is 6.92 Å². The molecule has 0 fully saturated rings. The first-order valence-corrected chi connectivity index (χ1v) is 12.5. The second-order valence-electron chi connectivity index (χ2n) is 7.10. The Morgan fingerprint density at radius 2 is 1.78 bits per heavy atom. The number of aromatic nitrogens is 1. The summed E-state index contributed by atoms with van der Waals surface area (Å²) < 4.78 is 31.0. The van der Waals surface area contributed by atoms with E-state index in [1.165, 1.54) is 23.5 Å². The van der Waals surface area contributed by atoms with Gasteiger partial charge >= 0.3 is 0 Å². The second kappa shape index (κ2) is 8.90. The molecule has 0 radical (unpaired) electrons. The van der Waals surface area contributed by atoms with E-state index in [1.54, 1.807) is 42.5 Å². The van der Waals surface area contributed by atoms with E-state index in [2.05, 4.69) is 9.71 Å². The predicted molar refractivity (Wildman–Crippen MR) is 129 cm³/mol. The highest BCUT2D eigenvalue weighted by molar-refractivity contribution is 7.92. The smallest absolute Gasteiger partial charge is 0.281 e. The van der Waals surface area contributed by atoms with Crippen LogP contribution in [-0.2, 0) is 16.6 Å². The SMILES string of the molecule is CCn1c(=NC(=O)c2ccccc2NS(=O)(=O)c2ccc(C)cc2)sc2cccc(Cl)c21. The molecule has 4 aromatic rings. The lowest BCUT2D eigenvalue weighted by atomic mass is 10.2. The lowest BCUT2D eigenvalue weighted by Gasteiger charge is -2.11. The van der Waals surface area contributed by atoms with E-state index in [4.69, 9.17) is 11.6 Å². The third-order valence-corrected chi connectivity index (χ3v) is 7.63. The van der Waals surface area contributed by atoms with Crippen LogP contribution in [0.2, 0.25) is 5.02 Å². The molecule has 4 rings (SSSR count). The van der Waals surface area contributed by atoms with Crippen LogP contribution in [0.25, 0.3) is 10.2 Å². The summed E-state index contributed by atoms with van der Waals surface area (Å²) in [7, 11) is -3.86. The summed E-state index contributed by atoms with van der Waals surface area (Å²) in [5.74, 6) is -0.544. The maximum atomic E-state index is 13.1. The van der Waals surface area contributed by atoms with Gasteiger partial charge in [0, 0.05) is 6.54 Å². The van der Waals surface area contributed by atoms with Crippen molar-refractivity contribution in [1.82, 2.24) is 4.57 Å². The van der Waals surface area contributed by atoms with E-state index < -0.39 is 15.9 Å². The molecule has 0 bridgehead atoms. The number of benzene rings is 3. The number of rotatable bonds is 5. The van der Waals surface area contributed by atoms with Crippen LogP contribution < -0.4 is 9.52 Å². The second-order valence-corrected chi connectivity index (χ2v) is 10.2. The number of sulfonamides is 1. The molecule has 0 aliphatic heterocycles.